The van der Waals surface area contributed by atoms with Crippen LogP contribution in [-0.2, 0) is 11.3 Å². The summed E-state index contributed by atoms with van der Waals surface area (Å²) in [5.41, 5.74) is 2.44. The van der Waals surface area contributed by atoms with Gasteiger partial charge in [-0.2, -0.15) is 0 Å². The SMILES string of the molecule is CCOC(=O)c1ccc(N2C(=O)c3oc4ccc(Cl)cc4c(=O)c3C2c2ccc(OCc3ccccc3)c(OC)c2)cc1. The summed E-state index contributed by atoms with van der Waals surface area (Å²) in [6.07, 6.45) is 0. The fourth-order valence-corrected chi connectivity index (χ4v) is 5.38. The highest BCUT2D eigenvalue weighted by Gasteiger charge is 2.44. The molecule has 0 fully saturated rings. The van der Waals surface area contributed by atoms with Gasteiger partial charge in [0.1, 0.15) is 12.2 Å². The predicted octanol–water partition coefficient (Wildman–Crippen LogP) is 6.96. The molecule has 9 heteroatoms. The molecule has 8 nitrogen and oxygen atoms in total. The molecule has 1 amide bonds. The second-order valence-electron chi connectivity index (χ2n) is 9.84. The third kappa shape index (κ3) is 5.21. The van der Waals surface area contributed by atoms with Crippen molar-refractivity contribution in [2.75, 3.05) is 18.6 Å². The average Bonchev–Trinajstić information content (AvgIpc) is 3.33. The van der Waals surface area contributed by atoms with Gasteiger partial charge in [-0.05, 0) is 72.6 Å². The van der Waals surface area contributed by atoms with E-state index in [1.165, 1.54) is 18.1 Å². The molecule has 6 rings (SSSR count). The lowest BCUT2D eigenvalue weighted by Crippen LogP contribution is -2.29. The summed E-state index contributed by atoms with van der Waals surface area (Å²) < 4.78 is 22.8. The number of methoxy groups -OCH3 is 1. The fraction of sp³-hybridized carbons (Fsp3) is 0.147. The lowest BCUT2D eigenvalue weighted by Gasteiger charge is -2.26. The molecule has 4 aromatic carbocycles. The van der Waals surface area contributed by atoms with Crippen LogP contribution in [0.2, 0.25) is 5.02 Å². The Morgan fingerprint density at radius 3 is 2.42 bits per heavy atom. The molecule has 1 atom stereocenters. The highest BCUT2D eigenvalue weighted by Crippen LogP contribution is 2.43. The third-order valence-corrected chi connectivity index (χ3v) is 7.46. The van der Waals surface area contributed by atoms with Crippen molar-refractivity contribution < 1.29 is 28.2 Å². The molecule has 0 saturated heterocycles. The van der Waals surface area contributed by atoms with Gasteiger partial charge in [-0.15, -0.1) is 0 Å². The van der Waals surface area contributed by atoms with Gasteiger partial charge in [0.15, 0.2) is 16.9 Å². The number of halogens is 1. The van der Waals surface area contributed by atoms with E-state index < -0.39 is 17.9 Å². The van der Waals surface area contributed by atoms with E-state index in [0.29, 0.717) is 39.9 Å². The highest BCUT2D eigenvalue weighted by atomic mass is 35.5. The molecule has 1 aliphatic heterocycles. The van der Waals surface area contributed by atoms with Crippen molar-refractivity contribution in [3.63, 3.8) is 0 Å². The quantitative estimate of drug-likeness (QED) is 0.179. The summed E-state index contributed by atoms with van der Waals surface area (Å²) >= 11 is 6.22. The maximum absolute atomic E-state index is 14.0. The first-order valence-corrected chi connectivity index (χ1v) is 14.0. The fourth-order valence-electron chi connectivity index (χ4n) is 5.21. The number of hydrogen-bond acceptors (Lipinski definition) is 7. The molecule has 0 N–H and O–H groups in total. The minimum absolute atomic E-state index is 0.0670. The molecule has 2 heterocycles. The largest absolute Gasteiger partial charge is 0.493 e. The molecule has 1 unspecified atom stereocenters. The first-order valence-electron chi connectivity index (χ1n) is 13.6. The molecule has 0 spiro atoms. The average molecular weight is 596 g/mol. The standard InChI is InChI=1S/C34H26ClNO7/c1-3-41-34(39)21-9-13-24(14-10-21)36-30(29-31(37)25-18-23(35)12-16-26(25)43-32(29)33(36)38)22-11-15-27(28(17-22)40-2)42-19-20-7-5-4-6-8-20/h4-18,30H,3,19H2,1-2H3. The Hall–Kier alpha value is -5.08. The van der Waals surface area contributed by atoms with Crippen LogP contribution in [0.4, 0.5) is 5.69 Å². The van der Waals surface area contributed by atoms with Gasteiger partial charge in [0.05, 0.1) is 36.3 Å². The summed E-state index contributed by atoms with van der Waals surface area (Å²) in [7, 11) is 1.53. The van der Waals surface area contributed by atoms with Crippen molar-refractivity contribution in [1.29, 1.82) is 0 Å². The second-order valence-corrected chi connectivity index (χ2v) is 10.3. The molecule has 5 aromatic rings. The van der Waals surface area contributed by atoms with Gasteiger partial charge in [-0.1, -0.05) is 48.0 Å². The Balaban J connectivity index is 1.47. The maximum atomic E-state index is 14.0. The summed E-state index contributed by atoms with van der Waals surface area (Å²) in [6, 6.07) is 25.3. The molecule has 0 aliphatic carbocycles. The zero-order chi connectivity index (χ0) is 30.1. The van der Waals surface area contributed by atoms with Crippen LogP contribution in [0.1, 0.15) is 50.6 Å². The number of amides is 1. The zero-order valence-corrected chi connectivity index (χ0v) is 24.1. The van der Waals surface area contributed by atoms with E-state index in [4.69, 9.17) is 30.2 Å². The van der Waals surface area contributed by atoms with Crippen LogP contribution in [0.3, 0.4) is 0 Å². The smallest absolute Gasteiger partial charge is 0.338 e. The summed E-state index contributed by atoms with van der Waals surface area (Å²) in [5, 5.41) is 0.631. The summed E-state index contributed by atoms with van der Waals surface area (Å²) in [4.78, 5) is 41.7. The first kappa shape index (κ1) is 28.1. The molecule has 1 aliphatic rings. The van der Waals surface area contributed by atoms with E-state index in [-0.39, 0.29) is 34.3 Å². The number of rotatable bonds is 8. The van der Waals surface area contributed by atoms with Crippen LogP contribution in [0.5, 0.6) is 11.5 Å². The van der Waals surface area contributed by atoms with Crippen molar-refractivity contribution in [2.45, 2.75) is 19.6 Å². The summed E-state index contributed by atoms with van der Waals surface area (Å²) in [6.45, 7) is 2.29. The Morgan fingerprint density at radius 1 is 0.930 bits per heavy atom. The zero-order valence-electron chi connectivity index (χ0n) is 23.3. The van der Waals surface area contributed by atoms with Crippen LogP contribution < -0.4 is 19.8 Å². The van der Waals surface area contributed by atoms with Crippen molar-refractivity contribution in [1.82, 2.24) is 0 Å². The minimum atomic E-state index is -0.868. The Morgan fingerprint density at radius 2 is 1.70 bits per heavy atom. The van der Waals surface area contributed by atoms with E-state index in [9.17, 15) is 14.4 Å². The van der Waals surface area contributed by atoms with Gasteiger partial charge < -0.3 is 18.6 Å². The number of fused-ring (bicyclic) bond motifs is 2. The summed E-state index contributed by atoms with van der Waals surface area (Å²) in [5.74, 6) is -0.108. The second kappa shape index (κ2) is 11.7. The van der Waals surface area contributed by atoms with Gasteiger partial charge in [0.25, 0.3) is 5.91 Å². The van der Waals surface area contributed by atoms with Gasteiger partial charge in [-0.25, -0.2) is 4.79 Å². The molecule has 43 heavy (non-hydrogen) atoms. The van der Waals surface area contributed by atoms with Gasteiger partial charge in [0.2, 0.25) is 5.76 Å². The number of anilines is 1. The van der Waals surface area contributed by atoms with Crippen LogP contribution >= 0.6 is 11.6 Å². The molecule has 0 radical (unpaired) electrons. The monoisotopic (exact) mass is 595 g/mol. The number of esters is 1. The van der Waals surface area contributed by atoms with Crippen molar-refractivity contribution in [3.05, 3.63) is 134 Å². The Bertz CT molecular complexity index is 1900. The van der Waals surface area contributed by atoms with Crippen molar-refractivity contribution >= 4 is 40.1 Å². The predicted molar refractivity (Wildman–Crippen MR) is 162 cm³/mol. The van der Waals surface area contributed by atoms with Crippen LogP contribution in [-0.4, -0.2) is 25.6 Å². The molecular weight excluding hydrogens is 570 g/mol. The molecule has 1 aromatic heterocycles. The van der Waals surface area contributed by atoms with E-state index in [2.05, 4.69) is 0 Å². The minimum Gasteiger partial charge on any atom is -0.493 e. The van der Waals surface area contributed by atoms with Gasteiger partial charge >= 0.3 is 5.97 Å². The van der Waals surface area contributed by atoms with E-state index in [0.717, 1.165) is 5.56 Å². The van der Waals surface area contributed by atoms with Gasteiger partial charge in [-0.3, -0.25) is 14.5 Å². The Labute approximate surface area is 252 Å². The number of carbonyl (C=O) groups is 2. The van der Waals surface area contributed by atoms with E-state index in [1.54, 1.807) is 61.5 Å². The Kier molecular flexibility index (Phi) is 7.61. The van der Waals surface area contributed by atoms with Crippen LogP contribution in [0.15, 0.2) is 100 Å². The molecule has 216 valence electrons. The van der Waals surface area contributed by atoms with E-state index >= 15 is 0 Å². The molecule has 0 bridgehead atoms. The van der Waals surface area contributed by atoms with Crippen LogP contribution in [0.25, 0.3) is 11.0 Å². The topological polar surface area (TPSA) is 95.3 Å². The normalized spacial score (nSPS) is 14.1. The first-order chi connectivity index (χ1) is 20.9. The highest BCUT2D eigenvalue weighted by molar-refractivity contribution is 6.31. The number of ether oxygens (including phenoxy) is 3. The van der Waals surface area contributed by atoms with E-state index in [1.807, 2.05) is 30.3 Å². The lowest BCUT2D eigenvalue weighted by atomic mass is 9.97. The maximum Gasteiger partial charge on any atom is 0.338 e. The van der Waals surface area contributed by atoms with Crippen molar-refractivity contribution in [2.24, 2.45) is 0 Å². The van der Waals surface area contributed by atoms with Crippen LogP contribution in [0, 0.1) is 0 Å². The number of nitrogens with zero attached hydrogens (tertiary/aromatic N) is 1. The third-order valence-electron chi connectivity index (χ3n) is 7.23. The molecule has 0 saturated carbocycles. The number of benzene rings is 4. The van der Waals surface area contributed by atoms with Gasteiger partial charge in [0, 0.05) is 10.7 Å². The number of hydrogen-bond donors (Lipinski definition) is 0. The number of carbonyl (C=O) groups excluding carboxylic acids is 2. The van der Waals surface area contributed by atoms with Crippen molar-refractivity contribution in [3.8, 4) is 11.5 Å². The molecular formula is C34H26ClNO7. The lowest BCUT2D eigenvalue weighted by molar-refractivity contribution is 0.0526.